The summed E-state index contributed by atoms with van der Waals surface area (Å²) < 4.78 is 15.5. The van der Waals surface area contributed by atoms with E-state index in [2.05, 4.69) is 24.1 Å². The van der Waals surface area contributed by atoms with Crippen LogP contribution in [0.25, 0.3) is 0 Å². The van der Waals surface area contributed by atoms with Gasteiger partial charge < -0.3 is 19.1 Å². The van der Waals surface area contributed by atoms with Crippen LogP contribution >= 0.6 is 0 Å². The molecule has 0 amide bonds. The third-order valence-corrected chi connectivity index (χ3v) is 3.42. The van der Waals surface area contributed by atoms with Crippen molar-refractivity contribution in [2.45, 2.75) is 6.42 Å². The van der Waals surface area contributed by atoms with E-state index < -0.39 is 5.97 Å². The molecule has 0 aromatic heterocycles. The largest absolute Gasteiger partial charge is 0.494 e. The number of para-hydroxylation sites is 1. The Morgan fingerprint density at radius 3 is 2.33 bits per heavy atom. The van der Waals surface area contributed by atoms with E-state index in [0.717, 1.165) is 18.7 Å². The van der Waals surface area contributed by atoms with Crippen molar-refractivity contribution in [1.82, 2.24) is 0 Å². The zero-order chi connectivity index (χ0) is 17.2. The summed E-state index contributed by atoms with van der Waals surface area (Å²) in [6, 6.07) is 17.2. The number of methoxy groups -OCH3 is 1. The number of carbonyl (C=O) groups is 1. The molecule has 0 aliphatic heterocycles. The molecule has 2 aromatic carbocycles. The summed E-state index contributed by atoms with van der Waals surface area (Å²) >= 11 is 0. The molecule has 0 radical (unpaired) electrons. The highest BCUT2D eigenvalue weighted by Gasteiger charge is 2.04. The van der Waals surface area contributed by atoms with E-state index in [4.69, 9.17) is 14.2 Å². The quantitative estimate of drug-likeness (QED) is 0.402. The number of rotatable bonds is 9. The van der Waals surface area contributed by atoms with Gasteiger partial charge in [-0.05, 0) is 42.8 Å². The molecule has 0 saturated heterocycles. The third-order valence-electron chi connectivity index (χ3n) is 3.42. The fraction of sp³-hybridized carbons (Fsp3) is 0.316. The molecule has 128 valence electrons. The highest BCUT2D eigenvalue weighted by Crippen LogP contribution is 2.18. The Balaban J connectivity index is 1.70. The zero-order valence-electron chi connectivity index (χ0n) is 14.1. The number of nitrogens with zero attached hydrogens (tertiary/aromatic N) is 1. The first-order valence-electron chi connectivity index (χ1n) is 7.87. The third kappa shape index (κ3) is 5.93. The van der Waals surface area contributed by atoms with Gasteiger partial charge in [-0.2, -0.15) is 0 Å². The first-order valence-corrected chi connectivity index (χ1v) is 7.87. The summed E-state index contributed by atoms with van der Waals surface area (Å²) in [6.45, 7) is 1.48. The Morgan fingerprint density at radius 2 is 1.67 bits per heavy atom. The van der Waals surface area contributed by atoms with E-state index in [1.807, 2.05) is 18.2 Å². The van der Waals surface area contributed by atoms with Crippen LogP contribution in [0.15, 0.2) is 54.6 Å². The second-order valence-corrected chi connectivity index (χ2v) is 5.34. The van der Waals surface area contributed by atoms with Crippen molar-refractivity contribution in [3.63, 3.8) is 0 Å². The molecule has 0 saturated carbocycles. The molecule has 5 nitrogen and oxygen atoms in total. The second kappa shape index (κ2) is 9.57. The number of anilines is 1. The molecule has 24 heavy (non-hydrogen) atoms. The summed E-state index contributed by atoms with van der Waals surface area (Å²) in [5, 5.41) is 0. The van der Waals surface area contributed by atoms with E-state index in [0.29, 0.717) is 12.4 Å². The summed E-state index contributed by atoms with van der Waals surface area (Å²) in [7, 11) is 3.52. The first kappa shape index (κ1) is 17.8. The molecule has 2 rings (SSSR count). The van der Waals surface area contributed by atoms with Crippen LogP contribution in [0.3, 0.4) is 0 Å². The molecule has 0 N–H and O–H groups in total. The van der Waals surface area contributed by atoms with Crippen molar-refractivity contribution in [3.8, 4) is 11.5 Å². The molecule has 0 heterocycles. The minimum atomic E-state index is -0.421. The molecular weight excluding hydrogens is 306 g/mol. The number of benzene rings is 2. The Kier molecular flexibility index (Phi) is 7.11. The van der Waals surface area contributed by atoms with Crippen LogP contribution in [-0.2, 0) is 9.53 Å². The van der Waals surface area contributed by atoms with Crippen molar-refractivity contribution >= 4 is 11.7 Å². The lowest BCUT2D eigenvalue weighted by atomic mass is 10.3. The van der Waals surface area contributed by atoms with Crippen LogP contribution < -0.4 is 14.4 Å². The van der Waals surface area contributed by atoms with Crippen LogP contribution in [0.1, 0.15) is 6.42 Å². The summed E-state index contributed by atoms with van der Waals surface area (Å²) in [5.74, 6) is 0.812. The van der Waals surface area contributed by atoms with E-state index in [9.17, 15) is 4.79 Å². The predicted molar refractivity (Wildman–Crippen MR) is 93.8 cm³/mol. The lowest BCUT2D eigenvalue weighted by Crippen LogP contribution is -2.20. The Labute approximate surface area is 142 Å². The van der Waals surface area contributed by atoms with Gasteiger partial charge in [0.05, 0.1) is 6.61 Å². The van der Waals surface area contributed by atoms with E-state index in [1.54, 1.807) is 24.3 Å². The maximum atomic E-state index is 11.3. The molecule has 0 fully saturated rings. The van der Waals surface area contributed by atoms with Crippen LogP contribution in [0.2, 0.25) is 0 Å². The minimum Gasteiger partial charge on any atom is -0.494 e. The lowest BCUT2D eigenvalue weighted by molar-refractivity contribution is -0.138. The molecule has 0 unspecified atom stereocenters. The monoisotopic (exact) mass is 329 g/mol. The SMILES string of the molecule is COCC(=O)Oc1ccc(OCCCN(C)c2ccccc2)cc1. The van der Waals surface area contributed by atoms with Gasteiger partial charge in [-0.1, -0.05) is 18.2 Å². The Morgan fingerprint density at radius 1 is 1.00 bits per heavy atom. The summed E-state index contributed by atoms with van der Waals surface area (Å²) in [4.78, 5) is 13.5. The van der Waals surface area contributed by atoms with Gasteiger partial charge in [-0.25, -0.2) is 4.79 Å². The van der Waals surface area contributed by atoms with E-state index >= 15 is 0 Å². The number of hydrogen-bond donors (Lipinski definition) is 0. The maximum Gasteiger partial charge on any atom is 0.337 e. The van der Waals surface area contributed by atoms with Crippen molar-refractivity contribution < 1.29 is 19.0 Å². The normalized spacial score (nSPS) is 10.2. The highest BCUT2D eigenvalue weighted by atomic mass is 16.6. The number of esters is 1. The molecule has 0 spiro atoms. The van der Waals surface area contributed by atoms with Crippen LogP contribution in [0.4, 0.5) is 5.69 Å². The van der Waals surface area contributed by atoms with Crippen molar-refractivity contribution in [1.29, 1.82) is 0 Å². The topological polar surface area (TPSA) is 48.0 Å². The van der Waals surface area contributed by atoms with Gasteiger partial charge >= 0.3 is 5.97 Å². The van der Waals surface area contributed by atoms with Crippen LogP contribution in [0, 0.1) is 0 Å². The fourth-order valence-corrected chi connectivity index (χ4v) is 2.19. The number of carbonyl (C=O) groups excluding carboxylic acids is 1. The van der Waals surface area contributed by atoms with Gasteiger partial charge in [0.2, 0.25) is 0 Å². The molecule has 0 atom stereocenters. The number of ether oxygens (including phenoxy) is 3. The highest BCUT2D eigenvalue weighted by molar-refractivity contribution is 5.73. The minimum absolute atomic E-state index is 0.0623. The first-order chi connectivity index (χ1) is 11.7. The second-order valence-electron chi connectivity index (χ2n) is 5.34. The molecule has 5 heteroatoms. The van der Waals surface area contributed by atoms with Crippen LogP contribution in [0.5, 0.6) is 11.5 Å². The van der Waals surface area contributed by atoms with Gasteiger partial charge in [0, 0.05) is 26.4 Å². The van der Waals surface area contributed by atoms with Gasteiger partial charge in [-0.3, -0.25) is 0 Å². The molecule has 2 aromatic rings. The molecule has 0 bridgehead atoms. The smallest absolute Gasteiger partial charge is 0.337 e. The molecular formula is C19H23NO4. The lowest BCUT2D eigenvalue weighted by Gasteiger charge is -2.19. The average Bonchev–Trinajstić information content (AvgIpc) is 2.61. The van der Waals surface area contributed by atoms with Gasteiger partial charge in [0.25, 0.3) is 0 Å². The zero-order valence-corrected chi connectivity index (χ0v) is 14.1. The van der Waals surface area contributed by atoms with E-state index in [-0.39, 0.29) is 6.61 Å². The average molecular weight is 329 g/mol. The van der Waals surface area contributed by atoms with Crippen molar-refractivity contribution in [3.05, 3.63) is 54.6 Å². The number of hydrogen-bond acceptors (Lipinski definition) is 5. The Hall–Kier alpha value is -2.53. The van der Waals surface area contributed by atoms with Crippen molar-refractivity contribution in [2.24, 2.45) is 0 Å². The van der Waals surface area contributed by atoms with Crippen molar-refractivity contribution in [2.75, 3.05) is 38.8 Å². The van der Waals surface area contributed by atoms with Gasteiger partial charge in [-0.15, -0.1) is 0 Å². The standard InChI is InChI=1S/C19H23NO4/c1-20(16-7-4-3-5-8-16)13-6-14-23-17-9-11-18(12-10-17)24-19(21)15-22-2/h3-5,7-12H,6,13-15H2,1-2H3. The molecule has 0 aliphatic rings. The Bertz CT molecular complexity index is 613. The van der Waals surface area contributed by atoms with Gasteiger partial charge in [0.15, 0.2) is 0 Å². The summed E-state index contributed by atoms with van der Waals surface area (Å²) in [5.41, 5.74) is 1.19. The maximum absolute atomic E-state index is 11.3. The molecule has 0 aliphatic carbocycles. The predicted octanol–water partition coefficient (Wildman–Crippen LogP) is 3.14. The summed E-state index contributed by atoms with van der Waals surface area (Å²) in [6.07, 6.45) is 0.913. The van der Waals surface area contributed by atoms with Crippen LogP contribution in [-0.4, -0.2) is 39.9 Å². The fourth-order valence-electron chi connectivity index (χ4n) is 2.19. The van der Waals surface area contributed by atoms with Gasteiger partial charge in [0.1, 0.15) is 18.1 Å². The van der Waals surface area contributed by atoms with E-state index in [1.165, 1.54) is 12.8 Å².